The summed E-state index contributed by atoms with van der Waals surface area (Å²) in [5.74, 6) is 0.351. The molecule has 2 aromatic heterocycles. The van der Waals surface area contributed by atoms with Gasteiger partial charge < -0.3 is 10.2 Å². The van der Waals surface area contributed by atoms with Crippen LogP contribution in [-0.4, -0.2) is 22.7 Å². The van der Waals surface area contributed by atoms with Gasteiger partial charge in [0.05, 0.1) is 30.1 Å². The Hall–Kier alpha value is -3.53. The van der Waals surface area contributed by atoms with Crippen molar-refractivity contribution in [2.75, 3.05) is 6.54 Å². The summed E-state index contributed by atoms with van der Waals surface area (Å²) >= 11 is 0. The molecule has 144 valence electrons. The number of aliphatic imine (C=N–C) groups is 1. The van der Waals surface area contributed by atoms with Gasteiger partial charge in [-0.1, -0.05) is 13.8 Å². The lowest BCUT2D eigenvalue weighted by Crippen LogP contribution is -2.05. The van der Waals surface area contributed by atoms with Gasteiger partial charge in [0, 0.05) is 17.5 Å². The van der Waals surface area contributed by atoms with Crippen molar-refractivity contribution in [1.82, 2.24) is 9.97 Å². The number of fused-ring (bicyclic) bond motifs is 1. The average molecular weight is 379 g/mol. The minimum Gasteiger partial charge on any atom is -0.443 e. The maximum Gasteiger partial charge on any atom is 0.229 e. The number of aryl methyl sites for hydroxylation is 1. The maximum atomic E-state index is 13.2. The second-order valence-corrected chi connectivity index (χ2v) is 5.58. The van der Waals surface area contributed by atoms with Gasteiger partial charge in [-0.25, -0.2) is 14.4 Å². The number of benzene rings is 1. The van der Waals surface area contributed by atoms with Crippen LogP contribution >= 0.6 is 0 Å². The zero-order valence-corrected chi connectivity index (χ0v) is 16.1. The minimum absolute atomic E-state index is 0.296. The van der Waals surface area contributed by atoms with E-state index >= 15 is 0 Å². The molecule has 0 atom stereocenters. The number of allylic oxidation sites excluding steroid dienone is 1. The molecule has 3 rings (SSSR count). The molecule has 2 N–H and O–H groups in total. The summed E-state index contributed by atoms with van der Waals surface area (Å²) in [5.41, 5.74) is 8.94. The Balaban J connectivity index is 0.00000136. The second-order valence-electron chi connectivity index (χ2n) is 5.58. The molecular formula is C21H22FN5O. The van der Waals surface area contributed by atoms with Crippen LogP contribution in [0.2, 0.25) is 0 Å². The Morgan fingerprint density at radius 3 is 2.68 bits per heavy atom. The number of nitrogens with two attached hydrogens (primary N) is 1. The van der Waals surface area contributed by atoms with E-state index in [0.29, 0.717) is 52.4 Å². The molecule has 3 aromatic rings. The van der Waals surface area contributed by atoms with E-state index in [1.165, 1.54) is 18.5 Å². The molecule has 0 aliphatic rings. The summed E-state index contributed by atoms with van der Waals surface area (Å²) in [6.45, 7) is 6.16. The summed E-state index contributed by atoms with van der Waals surface area (Å²) in [6.07, 6.45) is 3.27. The van der Waals surface area contributed by atoms with E-state index in [9.17, 15) is 4.39 Å². The second kappa shape index (κ2) is 9.97. The number of aromatic nitrogens is 2. The Labute approximate surface area is 163 Å². The predicted octanol–water partition coefficient (Wildman–Crippen LogP) is 4.51. The molecule has 7 heteroatoms. The molecule has 28 heavy (non-hydrogen) atoms. The average Bonchev–Trinajstić information content (AvgIpc) is 3.10. The zero-order chi connectivity index (χ0) is 20.5. The van der Waals surface area contributed by atoms with Crippen molar-refractivity contribution >= 4 is 28.6 Å². The zero-order valence-electron chi connectivity index (χ0n) is 16.1. The van der Waals surface area contributed by atoms with Gasteiger partial charge in [0.25, 0.3) is 0 Å². The maximum absolute atomic E-state index is 13.2. The quantitative estimate of drug-likeness (QED) is 0.519. The number of rotatable bonds is 5. The van der Waals surface area contributed by atoms with E-state index in [4.69, 9.17) is 15.4 Å². The van der Waals surface area contributed by atoms with E-state index in [-0.39, 0.29) is 5.82 Å². The molecule has 0 fully saturated rings. The molecule has 0 saturated carbocycles. The summed E-state index contributed by atoms with van der Waals surface area (Å²) in [4.78, 5) is 12.7. The number of nitrogens with zero attached hydrogens (tertiary/aromatic N) is 4. The molecule has 0 radical (unpaired) electrons. The van der Waals surface area contributed by atoms with Crippen LogP contribution in [0.5, 0.6) is 0 Å². The Kier molecular flexibility index (Phi) is 7.40. The third-order valence-electron chi connectivity index (χ3n) is 3.73. The Morgan fingerprint density at radius 2 is 2.00 bits per heavy atom. The van der Waals surface area contributed by atoms with E-state index in [1.54, 1.807) is 18.3 Å². The number of halogens is 1. The van der Waals surface area contributed by atoms with E-state index in [2.05, 4.69) is 15.0 Å². The van der Waals surface area contributed by atoms with Crippen LogP contribution < -0.4 is 5.73 Å². The number of furan rings is 1. The van der Waals surface area contributed by atoms with Gasteiger partial charge >= 0.3 is 0 Å². The van der Waals surface area contributed by atoms with Crippen molar-refractivity contribution in [3.8, 4) is 6.07 Å². The minimum atomic E-state index is -0.347. The number of nitriles is 1. The van der Waals surface area contributed by atoms with Crippen LogP contribution in [0.25, 0.3) is 22.4 Å². The SMILES string of the molecule is CC.Cc1cc2c(/C(C=NCCC#N)=C(/N)c3ccc(F)cc3)ncnc2o1. The van der Waals surface area contributed by atoms with E-state index in [0.717, 1.165) is 0 Å². The first-order valence-electron chi connectivity index (χ1n) is 8.94. The Bertz CT molecular complexity index is 1030. The fraction of sp³-hybridized carbons (Fsp3) is 0.238. The van der Waals surface area contributed by atoms with Crippen LogP contribution in [0.3, 0.4) is 0 Å². The third kappa shape index (κ3) is 4.80. The predicted molar refractivity (Wildman–Crippen MR) is 109 cm³/mol. The first-order valence-corrected chi connectivity index (χ1v) is 8.94. The molecular weight excluding hydrogens is 357 g/mol. The fourth-order valence-corrected chi connectivity index (χ4v) is 2.50. The van der Waals surface area contributed by atoms with Gasteiger partial charge in [-0.2, -0.15) is 5.26 Å². The molecule has 0 bridgehead atoms. The van der Waals surface area contributed by atoms with Gasteiger partial charge in [-0.3, -0.25) is 4.99 Å². The van der Waals surface area contributed by atoms with Crippen molar-refractivity contribution in [2.24, 2.45) is 10.7 Å². The molecule has 2 heterocycles. The highest BCUT2D eigenvalue weighted by Gasteiger charge is 2.15. The van der Waals surface area contributed by atoms with Gasteiger partial charge in [0.1, 0.15) is 17.9 Å². The topological polar surface area (TPSA) is 101 Å². The smallest absolute Gasteiger partial charge is 0.229 e. The van der Waals surface area contributed by atoms with Crippen molar-refractivity contribution in [2.45, 2.75) is 27.2 Å². The van der Waals surface area contributed by atoms with Crippen LogP contribution in [0, 0.1) is 24.1 Å². The van der Waals surface area contributed by atoms with Crippen molar-refractivity contribution in [3.63, 3.8) is 0 Å². The van der Waals surface area contributed by atoms with Crippen molar-refractivity contribution in [3.05, 3.63) is 59.5 Å². The first-order chi connectivity index (χ1) is 13.6. The normalized spacial score (nSPS) is 11.7. The standard InChI is InChI=1S/C19H16FN5O.C2H6/c1-12-9-15-18(24-11-25-19(15)26-12)16(10-23-8-2-7-21)17(22)13-3-5-14(20)6-4-13;1-2/h3-6,9-11H,2,8,22H2,1H3;1-2H3/b17-16+,23-10?;. The molecule has 0 amide bonds. The van der Waals surface area contributed by atoms with Crippen LogP contribution in [-0.2, 0) is 0 Å². The highest BCUT2D eigenvalue weighted by atomic mass is 19.1. The molecule has 0 aliphatic carbocycles. The molecule has 6 nitrogen and oxygen atoms in total. The molecule has 1 aromatic carbocycles. The summed E-state index contributed by atoms with van der Waals surface area (Å²) in [6, 6.07) is 9.72. The third-order valence-corrected chi connectivity index (χ3v) is 3.73. The highest BCUT2D eigenvalue weighted by molar-refractivity contribution is 6.21. The summed E-state index contributed by atoms with van der Waals surface area (Å²) in [7, 11) is 0. The molecule has 0 saturated heterocycles. The molecule has 0 spiro atoms. The van der Waals surface area contributed by atoms with Crippen LogP contribution in [0.4, 0.5) is 4.39 Å². The lowest BCUT2D eigenvalue weighted by molar-refractivity contribution is 0.567. The highest BCUT2D eigenvalue weighted by Crippen LogP contribution is 2.27. The number of hydrogen-bond donors (Lipinski definition) is 1. The van der Waals surface area contributed by atoms with E-state index < -0.39 is 0 Å². The fourth-order valence-electron chi connectivity index (χ4n) is 2.50. The van der Waals surface area contributed by atoms with Crippen LogP contribution in [0.1, 0.15) is 37.3 Å². The van der Waals surface area contributed by atoms with E-state index in [1.807, 2.05) is 32.9 Å². The van der Waals surface area contributed by atoms with Crippen molar-refractivity contribution in [1.29, 1.82) is 5.26 Å². The van der Waals surface area contributed by atoms with Gasteiger partial charge in [0.15, 0.2) is 0 Å². The summed E-state index contributed by atoms with van der Waals surface area (Å²) < 4.78 is 18.8. The lowest BCUT2D eigenvalue weighted by Gasteiger charge is -2.09. The monoisotopic (exact) mass is 379 g/mol. The van der Waals surface area contributed by atoms with Gasteiger partial charge in [-0.05, 0) is 42.8 Å². The number of hydrogen-bond acceptors (Lipinski definition) is 6. The molecule has 0 unspecified atom stereocenters. The lowest BCUT2D eigenvalue weighted by atomic mass is 10.0. The molecule has 0 aliphatic heterocycles. The van der Waals surface area contributed by atoms with Crippen LogP contribution in [0.15, 0.2) is 46.1 Å². The Morgan fingerprint density at radius 1 is 1.29 bits per heavy atom. The summed E-state index contributed by atoms with van der Waals surface area (Å²) in [5, 5.41) is 9.38. The van der Waals surface area contributed by atoms with Crippen molar-refractivity contribution < 1.29 is 8.81 Å². The van der Waals surface area contributed by atoms with Gasteiger partial charge in [0.2, 0.25) is 5.71 Å². The largest absolute Gasteiger partial charge is 0.443 e. The first kappa shape index (κ1) is 20.8. The van der Waals surface area contributed by atoms with Gasteiger partial charge in [-0.15, -0.1) is 0 Å².